The molecule has 0 bridgehead atoms. The molecule has 1 unspecified atom stereocenters. The Morgan fingerprint density at radius 3 is 2.11 bits per heavy atom. The predicted molar refractivity (Wildman–Crippen MR) is 75.3 cm³/mol. The summed E-state index contributed by atoms with van der Waals surface area (Å²) >= 11 is 3.18. The van der Waals surface area contributed by atoms with Crippen molar-refractivity contribution in [3.05, 3.63) is 29.8 Å². The Hall–Kier alpha value is -0.430. The third-order valence-electron chi connectivity index (χ3n) is 2.75. The van der Waals surface area contributed by atoms with Gasteiger partial charge in [0.25, 0.3) is 0 Å². The number of rotatable bonds is 6. The molecule has 1 atom stereocenters. The topological polar surface area (TPSA) is 57.6 Å². The van der Waals surface area contributed by atoms with E-state index in [0.29, 0.717) is 24.0 Å². The van der Waals surface area contributed by atoms with E-state index >= 15 is 0 Å². The third-order valence-corrected chi connectivity index (χ3v) is 5.43. The summed E-state index contributed by atoms with van der Waals surface area (Å²) in [5, 5.41) is 10.0. The van der Waals surface area contributed by atoms with Crippen molar-refractivity contribution in [1.82, 2.24) is 4.31 Å². The number of nitrogens with zero attached hydrogens (tertiary/aromatic N) is 1. The van der Waals surface area contributed by atoms with Gasteiger partial charge >= 0.3 is 0 Å². The number of halogens is 1. The molecule has 0 fully saturated rings. The second-order valence-corrected chi connectivity index (χ2v) is 6.41. The average Bonchev–Trinajstić information content (AvgIpc) is 2.39. The minimum atomic E-state index is -3.41. The van der Waals surface area contributed by atoms with Crippen molar-refractivity contribution in [2.45, 2.75) is 24.8 Å². The van der Waals surface area contributed by atoms with Gasteiger partial charge in [-0.2, -0.15) is 4.31 Å². The van der Waals surface area contributed by atoms with Gasteiger partial charge < -0.3 is 5.11 Å². The van der Waals surface area contributed by atoms with Gasteiger partial charge in [0, 0.05) is 18.4 Å². The first-order chi connectivity index (χ1) is 8.47. The number of alkyl halides is 1. The predicted octanol–water partition coefficient (Wildman–Crippen LogP) is 2.15. The number of aliphatic hydroxyl groups excluding tert-OH is 1. The zero-order chi connectivity index (χ0) is 13.8. The van der Waals surface area contributed by atoms with E-state index in [1.807, 2.05) is 13.8 Å². The van der Waals surface area contributed by atoms with E-state index in [2.05, 4.69) is 15.9 Å². The molecule has 0 aliphatic rings. The van der Waals surface area contributed by atoms with Gasteiger partial charge in [0.2, 0.25) is 10.0 Å². The number of aliphatic hydroxyl groups is 1. The van der Waals surface area contributed by atoms with Crippen molar-refractivity contribution in [2.24, 2.45) is 0 Å². The fraction of sp³-hybridized carbons (Fsp3) is 0.500. The Kier molecular flexibility index (Phi) is 5.78. The molecule has 0 saturated carbocycles. The van der Waals surface area contributed by atoms with E-state index in [1.165, 1.54) is 16.4 Å². The molecule has 1 N–H and O–H groups in total. The monoisotopic (exact) mass is 335 g/mol. The minimum Gasteiger partial charge on any atom is -0.388 e. The SMILES string of the molecule is CCN(CC)S(=O)(=O)c1ccc(C(O)CBr)cc1. The van der Waals surface area contributed by atoms with E-state index in [-0.39, 0.29) is 4.90 Å². The summed E-state index contributed by atoms with van der Waals surface area (Å²) in [5.41, 5.74) is 0.699. The maximum atomic E-state index is 12.2. The highest BCUT2D eigenvalue weighted by atomic mass is 79.9. The molecule has 1 aromatic carbocycles. The smallest absolute Gasteiger partial charge is 0.243 e. The molecular formula is C12H18BrNO3S. The van der Waals surface area contributed by atoms with Gasteiger partial charge in [0.15, 0.2) is 0 Å². The van der Waals surface area contributed by atoms with Gasteiger partial charge in [-0.05, 0) is 17.7 Å². The van der Waals surface area contributed by atoms with Crippen LogP contribution in [0.15, 0.2) is 29.2 Å². The summed E-state index contributed by atoms with van der Waals surface area (Å²) in [4.78, 5) is 0.261. The number of sulfonamides is 1. The molecule has 0 aromatic heterocycles. The van der Waals surface area contributed by atoms with E-state index in [4.69, 9.17) is 0 Å². The molecule has 6 heteroatoms. The van der Waals surface area contributed by atoms with Gasteiger partial charge in [0.1, 0.15) is 0 Å². The van der Waals surface area contributed by atoms with E-state index in [0.717, 1.165) is 0 Å². The highest BCUT2D eigenvalue weighted by molar-refractivity contribution is 9.09. The lowest BCUT2D eigenvalue weighted by Gasteiger charge is -2.18. The van der Waals surface area contributed by atoms with Crippen LogP contribution in [-0.2, 0) is 10.0 Å². The van der Waals surface area contributed by atoms with Crippen LogP contribution in [0.2, 0.25) is 0 Å². The van der Waals surface area contributed by atoms with Gasteiger partial charge in [-0.25, -0.2) is 8.42 Å². The standard InChI is InChI=1S/C12H18BrNO3S/c1-3-14(4-2)18(16,17)11-7-5-10(6-8-11)12(15)9-13/h5-8,12,15H,3-4,9H2,1-2H3. The highest BCUT2D eigenvalue weighted by Gasteiger charge is 2.21. The molecule has 18 heavy (non-hydrogen) atoms. The minimum absolute atomic E-state index is 0.261. The lowest BCUT2D eigenvalue weighted by atomic mass is 10.1. The maximum absolute atomic E-state index is 12.2. The van der Waals surface area contributed by atoms with Crippen LogP contribution >= 0.6 is 15.9 Å². The molecule has 0 saturated heterocycles. The summed E-state index contributed by atoms with van der Waals surface area (Å²) < 4.78 is 25.8. The number of hydrogen-bond donors (Lipinski definition) is 1. The molecule has 1 aromatic rings. The Bertz CT molecular complexity index is 469. The fourth-order valence-corrected chi connectivity index (χ4v) is 3.50. The Labute approximate surface area is 117 Å². The van der Waals surface area contributed by atoms with Crippen LogP contribution in [0.5, 0.6) is 0 Å². The molecule has 4 nitrogen and oxygen atoms in total. The number of hydrogen-bond acceptors (Lipinski definition) is 3. The largest absolute Gasteiger partial charge is 0.388 e. The van der Waals surface area contributed by atoms with Crippen LogP contribution in [-0.4, -0.2) is 36.2 Å². The first kappa shape index (κ1) is 15.6. The Balaban J connectivity index is 3.05. The number of benzene rings is 1. The van der Waals surface area contributed by atoms with Crippen LogP contribution in [0, 0.1) is 0 Å². The maximum Gasteiger partial charge on any atom is 0.243 e. The average molecular weight is 336 g/mol. The molecule has 1 rings (SSSR count). The molecule has 0 radical (unpaired) electrons. The lowest BCUT2D eigenvalue weighted by Crippen LogP contribution is -2.30. The zero-order valence-corrected chi connectivity index (χ0v) is 12.9. The zero-order valence-electron chi connectivity index (χ0n) is 10.5. The summed E-state index contributed by atoms with van der Waals surface area (Å²) in [7, 11) is -3.41. The molecule has 0 aliphatic carbocycles. The highest BCUT2D eigenvalue weighted by Crippen LogP contribution is 2.20. The second-order valence-electron chi connectivity index (χ2n) is 3.83. The third kappa shape index (κ3) is 3.32. The molecular weight excluding hydrogens is 318 g/mol. The summed E-state index contributed by atoms with van der Waals surface area (Å²) in [6.45, 7) is 4.52. The van der Waals surface area contributed by atoms with Crippen molar-refractivity contribution in [2.75, 3.05) is 18.4 Å². The van der Waals surface area contributed by atoms with Crippen LogP contribution < -0.4 is 0 Å². The summed E-state index contributed by atoms with van der Waals surface area (Å²) in [6.07, 6.45) is -0.616. The first-order valence-electron chi connectivity index (χ1n) is 5.81. The van der Waals surface area contributed by atoms with Crippen LogP contribution in [0.4, 0.5) is 0 Å². The van der Waals surface area contributed by atoms with Gasteiger partial charge in [-0.1, -0.05) is 41.9 Å². The van der Waals surface area contributed by atoms with Crippen LogP contribution in [0.3, 0.4) is 0 Å². The van der Waals surface area contributed by atoms with Crippen molar-refractivity contribution in [1.29, 1.82) is 0 Å². The Morgan fingerprint density at radius 2 is 1.72 bits per heavy atom. The molecule has 0 heterocycles. The molecule has 0 spiro atoms. The fourth-order valence-electron chi connectivity index (χ4n) is 1.66. The van der Waals surface area contributed by atoms with Crippen LogP contribution in [0.25, 0.3) is 0 Å². The Morgan fingerprint density at radius 1 is 1.22 bits per heavy atom. The van der Waals surface area contributed by atoms with E-state index in [1.54, 1.807) is 12.1 Å². The summed E-state index contributed by atoms with van der Waals surface area (Å²) in [5.74, 6) is 0. The quantitative estimate of drug-likeness (QED) is 0.810. The first-order valence-corrected chi connectivity index (χ1v) is 8.37. The van der Waals surface area contributed by atoms with E-state index < -0.39 is 16.1 Å². The van der Waals surface area contributed by atoms with Crippen molar-refractivity contribution >= 4 is 26.0 Å². The molecule has 0 amide bonds. The normalized spacial score (nSPS) is 13.8. The van der Waals surface area contributed by atoms with Gasteiger partial charge in [0.05, 0.1) is 11.0 Å². The van der Waals surface area contributed by atoms with Gasteiger partial charge in [-0.15, -0.1) is 0 Å². The molecule has 102 valence electrons. The van der Waals surface area contributed by atoms with Crippen molar-refractivity contribution in [3.8, 4) is 0 Å². The van der Waals surface area contributed by atoms with E-state index in [9.17, 15) is 13.5 Å². The van der Waals surface area contributed by atoms with Crippen LogP contribution in [0.1, 0.15) is 25.5 Å². The van der Waals surface area contributed by atoms with Crippen molar-refractivity contribution in [3.63, 3.8) is 0 Å². The van der Waals surface area contributed by atoms with Gasteiger partial charge in [-0.3, -0.25) is 0 Å². The summed E-state index contributed by atoms with van der Waals surface area (Å²) in [6, 6.07) is 6.36. The van der Waals surface area contributed by atoms with Crippen molar-refractivity contribution < 1.29 is 13.5 Å². The lowest BCUT2D eigenvalue weighted by molar-refractivity contribution is 0.205. The second kappa shape index (κ2) is 6.65. The molecule has 0 aliphatic heterocycles.